The van der Waals surface area contributed by atoms with Gasteiger partial charge < -0.3 is 14.7 Å². The lowest BCUT2D eigenvalue weighted by molar-refractivity contribution is -0.144. The Balaban J connectivity index is 1.24. The predicted octanol–water partition coefficient (Wildman–Crippen LogP) is 5.34. The van der Waals surface area contributed by atoms with E-state index in [1.807, 2.05) is 56.3 Å². The lowest BCUT2D eigenvalue weighted by Gasteiger charge is -2.39. The fraction of sp³-hybridized carbons (Fsp3) is 0.519. The summed E-state index contributed by atoms with van der Waals surface area (Å²) in [4.78, 5) is 16.8. The van der Waals surface area contributed by atoms with Gasteiger partial charge in [0, 0.05) is 24.7 Å². The van der Waals surface area contributed by atoms with Crippen molar-refractivity contribution in [3.8, 4) is 5.75 Å². The van der Waals surface area contributed by atoms with Gasteiger partial charge in [0.15, 0.2) is 0 Å². The normalized spacial score (nSPS) is 20.0. The summed E-state index contributed by atoms with van der Waals surface area (Å²) in [7, 11) is 0. The van der Waals surface area contributed by atoms with Crippen LogP contribution in [-0.2, 0) is 4.79 Å². The number of hydrogen-bond acceptors (Lipinski definition) is 4. The maximum Gasteiger partial charge on any atom is 0.325 e. The maximum atomic E-state index is 12.1. The Labute approximate surface area is 202 Å². The number of carboxylic acids is 1. The lowest BCUT2D eigenvalue weighted by atomic mass is 9.92. The molecule has 33 heavy (non-hydrogen) atoms. The molecule has 0 radical (unpaired) electrons. The van der Waals surface area contributed by atoms with Gasteiger partial charge in [-0.1, -0.05) is 35.9 Å². The van der Waals surface area contributed by atoms with E-state index in [0.717, 1.165) is 85.9 Å². The number of carbonyl (C=O) groups is 1. The van der Waals surface area contributed by atoms with E-state index < -0.39 is 12.0 Å². The average Bonchev–Trinajstić information content (AvgIpc) is 2.79. The van der Waals surface area contributed by atoms with Crippen LogP contribution in [0.25, 0.3) is 0 Å². The molecule has 0 aromatic heterocycles. The van der Waals surface area contributed by atoms with Gasteiger partial charge in [-0.2, -0.15) is 0 Å². The van der Waals surface area contributed by atoms with Gasteiger partial charge in [-0.05, 0) is 93.4 Å². The first-order valence-corrected chi connectivity index (χ1v) is 12.5. The molecule has 0 spiro atoms. The van der Waals surface area contributed by atoms with Crippen molar-refractivity contribution in [2.24, 2.45) is 5.92 Å². The summed E-state index contributed by atoms with van der Waals surface area (Å²) in [5.41, 5.74) is 3.05. The van der Waals surface area contributed by atoms with Crippen LogP contribution in [0.2, 0.25) is 5.02 Å². The summed E-state index contributed by atoms with van der Waals surface area (Å²) >= 11 is 6.06. The number of piperidine rings is 2. The highest BCUT2D eigenvalue weighted by Crippen LogP contribution is 2.30. The van der Waals surface area contributed by atoms with Gasteiger partial charge in [0.1, 0.15) is 17.9 Å². The molecular weight excluding hydrogens is 436 g/mol. The number of aryl methyl sites for hydroxylation is 2. The number of carboxylic acid groups (broad SMARTS) is 1. The van der Waals surface area contributed by atoms with E-state index in [1.165, 1.54) is 0 Å². The van der Waals surface area contributed by atoms with Crippen LogP contribution in [-0.4, -0.2) is 59.7 Å². The van der Waals surface area contributed by atoms with Crippen molar-refractivity contribution in [3.05, 3.63) is 64.2 Å². The second-order valence-corrected chi connectivity index (χ2v) is 10.0. The summed E-state index contributed by atoms with van der Waals surface area (Å²) in [6.07, 6.45) is 4.44. The van der Waals surface area contributed by atoms with Gasteiger partial charge in [-0.25, -0.2) is 0 Å². The fourth-order valence-corrected chi connectivity index (χ4v) is 5.50. The van der Waals surface area contributed by atoms with Gasteiger partial charge in [-0.15, -0.1) is 0 Å². The van der Waals surface area contributed by atoms with Gasteiger partial charge in [0.05, 0.1) is 0 Å². The molecule has 2 fully saturated rings. The summed E-state index contributed by atoms with van der Waals surface area (Å²) < 4.78 is 6.25. The van der Waals surface area contributed by atoms with Crippen molar-refractivity contribution in [2.45, 2.75) is 51.7 Å². The molecule has 6 heteroatoms. The monoisotopic (exact) mass is 470 g/mol. The molecule has 2 heterocycles. The van der Waals surface area contributed by atoms with E-state index in [2.05, 4.69) is 9.80 Å². The third-order valence-corrected chi connectivity index (χ3v) is 7.45. The van der Waals surface area contributed by atoms with Crippen LogP contribution in [0.1, 0.15) is 48.4 Å². The van der Waals surface area contributed by atoms with Crippen LogP contribution in [0.5, 0.6) is 5.75 Å². The van der Waals surface area contributed by atoms with Gasteiger partial charge >= 0.3 is 5.97 Å². The van der Waals surface area contributed by atoms with Crippen LogP contribution in [0.3, 0.4) is 0 Å². The average molecular weight is 471 g/mol. The second kappa shape index (κ2) is 10.9. The number of benzene rings is 2. The lowest BCUT2D eigenvalue weighted by Crippen LogP contribution is -2.45. The van der Waals surface area contributed by atoms with E-state index in [0.29, 0.717) is 5.92 Å². The van der Waals surface area contributed by atoms with Crippen molar-refractivity contribution in [2.75, 3.05) is 32.7 Å². The Hall–Kier alpha value is -2.08. The second-order valence-electron chi connectivity index (χ2n) is 9.60. The molecule has 0 bridgehead atoms. The Morgan fingerprint density at radius 2 is 1.73 bits per heavy atom. The summed E-state index contributed by atoms with van der Waals surface area (Å²) in [5.74, 6) is 0.816. The smallest absolute Gasteiger partial charge is 0.325 e. The summed E-state index contributed by atoms with van der Waals surface area (Å²) in [6.45, 7) is 8.92. The minimum Gasteiger partial charge on any atom is -0.490 e. The van der Waals surface area contributed by atoms with E-state index >= 15 is 0 Å². The molecule has 2 aliphatic heterocycles. The summed E-state index contributed by atoms with van der Waals surface area (Å²) in [5, 5.41) is 10.7. The molecule has 2 aromatic carbocycles. The maximum absolute atomic E-state index is 12.1. The zero-order valence-corrected chi connectivity index (χ0v) is 20.4. The summed E-state index contributed by atoms with van der Waals surface area (Å²) in [6, 6.07) is 13.1. The number of hydrogen-bond donors (Lipinski definition) is 1. The van der Waals surface area contributed by atoms with Crippen molar-refractivity contribution in [3.63, 3.8) is 0 Å². The third kappa shape index (κ3) is 6.08. The third-order valence-electron chi connectivity index (χ3n) is 7.21. The van der Waals surface area contributed by atoms with E-state index in [9.17, 15) is 9.90 Å². The molecular formula is C27H35ClN2O3. The van der Waals surface area contributed by atoms with E-state index in [-0.39, 0.29) is 6.10 Å². The van der Waals surface area contributed by atoms with Gasteiger partial charge in [-0.3, -0.25) is 9.69 Å². The molecule has 2 aliphatic rings. The number of ether oxygens (including phenoxy) is 1. The molecule has 2 saturated heterocycles. The first kappa shape index (κ1) is 24.1. The highest BCUT2D eigenvalue weighted by atomic mass is 35.5. The molecule has 2 aromatic rings. The minimum absolute atomic E-state index is 0.258. The van der Waals surface area contributed by atoms with Crippen LogP contribution >= 0.6 is 11.6 Å². The molecule has 1 unspecified atom stereocenters. The molecule has 1 N–H and O–H groups in total. The van der Waals surface area contributed by atoms with Gasteiger partial charge in [0.2, 0.25) is 0 Å². The fourth-order valence-electron chi connectivity index (χ4n) is 5.27. The molecule has 1 atom stereocenters. The molecule has 4 rings (SSSR count). The first-order chi connectivity index (χ1) is 15.9. The predicted molar refractivity (Wildman–Crippen MR) is 132 cm³/mol. The highest BCUT2D eigenvalue weighted by Gasteiger charge is 2.32. The molecule has 5 nitrogen and oxygen atoms in total. The van der Waals surface area contributed by atoms with E-state index in [1.54, 1.807) is 0 Å². The quantitative estimate of drug-likeness (QED) is 0.592. The minimum atomic E-state index is -0.749. The van der Waals surface area contributed by atoms with Crippen LogP contribution in [0, 0.1) is 19.8 Å². The van der Waals surface area contributed by atoms with Crippen LogP contribution in [0.4, 0.5) is 0 Å². The standard InChI is InChI=1S/C27H35ClN2O3/c1-19-5-3-4-6-24(19)26(27(31)32)30-15-9-21(10-16-30)18-29-13-11-23(12-14-29)33-25-8-7-22(28)17-20(25)2/h3-8,17,21,23,26H,9-16,18H2,1-2H3,(H,31,32). The van der Waals surface area contributed by atoms with Crippen LogP contribution in [0.15, 0.2) is 42.5 Å². The van der Waals surface area contributed by atoms with Crippen molar-refractivity contribution in [1.29, 1.82) is 0 Å². The number of nitrogens with zero attached hydrogens (tertiary/aromatic N) is 2. The molecule has 178 valence electrons. The largest absolute Gasteiger partial charge is 0.490 e. The molecule has 0 amide bonds. The number of rotatable bonds is 7. The Kier molecular flexibility index (Phi) is 7.94. The van der Waals surface area contributed by atoms with Crippen molar-refractivity contribution < 1.29 is 14.6 Å². The molecule has 0 saturated carbocycles. The number of likely N-dealkylation sites (tertiary alicyclic amines) is 2. The Morgan fingerprint density at radius 3 is 2.36 bits per heavy atom. The first-order valence-electron chi connectivity index (χ1n) is 12.1. The van der Waals surface area contributed by atoms with Crippen molar-refractivity contribution >= 4 is 17.6 Å². The zero-order chi connectivity index (χ0) is 23.4. The Morgan fingerprint density at radius 1 is 1.03 bits per heavy atom. The van der Waals surface area contributed by atoms with E-state index in [4.69, 9.17) is 16.3 Å². The van der Waals surface area contributed by atoms with Crippen LogP contribution < -0.4 is 4.74 Å². The molecule has 0 aliphatic carbocycles. The highest BCUT2D eigenvalue weighted by molar-refractivity contribution is 6.30. The van der Waals surface area contributed by atoms with Gasteiger partial charge in [0.25, 0.3) is 0 Å². The number of halogens is 1. The zero-order valence-electron chi connectivity index (χ0n) is 19.7. The topological polar surface area (TPSA) is 53.0 Å². The SMILES string of the molecule is Cc1cc(Cl)ccc1OC1CCN(CC2CCN(C(C(=O)O)c3ccccc3C)CC2)CC1. The Bertz CT molecular complexity index is 950. The number of aliphatic carboxylic acids is 1. The van der Waals surface area contributed by atoms with Crippen molar-refractivity contribution in [1.82, 2.24) is 9.80 Å².